The zero-order valence-corrected chi connectivity index (χ0v) is 18.1. The van der Waals surface area contributed by atoms with Crippen molar-refractivity contribution in [1.82, 2.24) is 4.98 Å². The number of aromatic hydroxyl groups is 1. The predicted molar refractivity (Wildman–Crippen MR) is 117 cm³/mol. The van der Waals surface area contributed by atoms with E-state index < -0.39 is 17.4 Å². The van der Waals surface area contributed by atoms with Gasteiger partial charge in [0.05, 0.1) is 50.7 Å². The lowest BCUT2D eigenvalue weighted by Crippen LogP contribution is -2.16. The number of aromatic amines is 1. The summed E-state index contributed by atoms with van der Waals surface area (Å²) in [4.78, 5) is 38.5. The van der Waals surface area contributed by atoms with Gasteiger partial charge < -0.3 is 30.6 Å². The number of carbonyl (C=O) groups is 2. The molecule has 0 spiro atoms. The zero-order valence-electron chi connectivity index (χ0n) is 15.7. The van der Waals surface area contributed by atoms with Crippen LogP contribution >= 0.6 is 34.7 Å². The van der Waals surface area contributed by atoms with Crippen molar-refractivity contribution in [3.8, 4) is 17.2 Å². The van der Waals surface area contributed by atoms with Crippen LogP contribution in [0.15, 0.2) is 27.2 Å². The standard InChI is InChI=1S/C18H16ClN3O6S2/c1-27-10-4-8(11(28-2)3-7(10)19)21-13(25)6-29-18-14(17(20)26)15-16(30-18)9(23)5-12(24)22-15/h3-5H,6H2,1-2H3,(H2,20,26)(H,21,25)(H2,22,23,24). The molecule has 0 saturated heterocycles. The summed E-state index contributed by atoms with van der Waals surface area (Å²) in [6, 6.07) is 4.05. The Morgan fingerprint density at radius 1 is 1.27 bits per heavy atom. The summed E-state index contributed by atoms with van der Waals surface area (Å²) in [5, 5.41) is 13.0. The van der Waals surface area contributed by atoms with Crippen molar-refractivity contribution >= 4 is 62.4 Å². The van der Waals surface area contributed by atoms with Crippen LogP contribution in [0.25, 0.3) is 10.2 Å². The summed E-state index contributed by atoms with van der Waals surface area (Å²) in [6.07, 6.45) is 0. The van der Waals surface area contributed by atoms with Crippen LogP contribution in [0.1, 0.15) is 10.4 Å². The first-order valence-corrected chi connectivity index (χ1v) is 10.5. The van der Waals surface area contributed by atoms with Gasteiger partial charge in [0, 0.05) is 18.2 Å². The molecule has 0 unspecified atom stereocenters. The molecule has 2 aromatic heterocycles. The lowest BCUT2D eigenvalue weighted by molar-refractivity contribution is -0.113. The fourth-order valence-corrected chi connectivity index (χ4v) is 5.14. The number of rotatable bonds is 7. The Morgan fingerprint density at radius 2 is 1.97 bits per heavy atom. The second kappa shape index (κ2) is 8.86. The molecule has 0 aliphatic rings. The van der Waals surface area contributed by atoms with Crippen LogP contribution in [0.3, 0.4) is 0 Å². The molecular weight excluding hydrogens is 454 g/mol. The number of anilines is 1. The molecular formula is C18H16ClN3O6S2. The number of amides is 2. The van der Waals surface area contributed by atoms with E-state index in [0.29, 0.717) is 31.1 Å². The Balaban J connectivity index is 1.84. The molecule has 30 heavy (non-hydrogen) atoms. The number of nitrogens with one attached hydrogen (secondary N) is 2. The Kier molecular flexibility index (Phi) is 6.44. The first kappa shape index (κ1) is 21.8. The number of benzene rings is 1. The maximum atomic E-state index is 12.5. The first-order valence-electron chi connectivity index (χ1n) is 8.28. The molecule has 0 atom stereocenters. The minimum absolute atomic E-state index is 0.0477. The van der Waals surface area contributed by atoms with Gasteiger partial charge in [0.2, 0.25) is 5.91 Å². The molecule has 0 fully saturated rings. The van der Waals surface area contributed by atoms with Crippen LogP contribution in [-0.4, -0.2) is 41.9 Å². The third-order valence-electron chi connectivity index (χ3n) is 3.95. The predicted octanol–water partition coefficient (Wildman–Crippen LogP) is 2.80. The number of hydrogen-bond donors (Lipinski definition) is 4. The van der Waals surface area contributed by atoms with Gasteiger partial charge in [0.1, 0.15) is 17.2 Å². The summed E-state index contributed by atoms with van der Waals surface area (Å²) < 4.78 is 11.1. The maximum absolute atomic E-state index is 12.5. The van der Waals surface area contributed by atoms with Crippen LogP contribution in [0.4, 0.5) is 5.69 Å². The van der Waals surface area contributed by atoms with Crippen LogP contribution < -0.4 is 26.1 Å². The number of fused-ring (bicyclic) bond motifs is 1. The highest BCUT2D eigenvalue weighted by Crippen LogP contribution is 2.40. The van der Waals surface area contributed by atoms with Crippen molar-refractivity contribution in [1.29, 1.82) is 0 Å². The van der Waals surface area contributed by atoms with Crippen LogP contribution in [0.2, 0.25) is 5.02 Å². The van der Waals surface area contributed by atoms with Crippen molar-refractivity contribution in [2.45, 2.75) is 4.21 Å². The fraction of sp³-hybridized carbons (Fsp3) is 0.167. The SMILES string of the molecule is COc1cc(NC(=O)CSc2sc3c(O)cc(=O)[nH]c3c2C(N)=O)c(OC)cc1Cl. The highest BCUT2D eigenvalue weighted by Gasteiger charge is 2.21. The third kappa shape index (κ3) is 4.32. The number of H-pyrrole nitrogens is 1. The first-order chi connectivity index (χ1) is 14.2. The number of hydrogen-bond acceptors (Lipinski definition) is 8. The molecule has 9 nitrogen and oxygen atoms in total. The van der Waals surface area contributed by atoms with Gasteiger partial charge in [-0.15, -0.1) is 23.1 Å². The Labute approximate surface area is 183 Å². The molecule has 0 saturated carbocycles. The third-order valence-corrected chi connectivity index (χ3v) is 6.73. The van der Waals surface area contributed by atoms with E-state index in [-0.39, 0.29) is 22.6 Å². The molecule has 2 heterocycles. The van der Waals surface area contributed by atoms with Crippen molar-refractivity contribution < 1.29 is 24.2 Å². The number of pyridine rings is 1. The summed E-state index contributed by atoms with van der Waals surface area (Å²) in [7, 11) is 2.88. The van der Waals surface area contributed by atoms with Crippen LogP contribution in [-0.2, 0) is 4.79 Å². The number of ether oxygens (including phenoxy) is 2. The van der Waals surface area contributed by atoms with Crippen molar-refractivity contribution in [2.24, 2.45) is 5.73 Å². The zero-order chi connectivity index (χ0) is 22.0. The lowest BCUT2D eigenvalue weighted by atomic mass is 10.2. The average Bonchev–Trinajstić information content (AvgIpc) is 3.06. The van der Waals surface area contributed by atoms with Crippen molar-refractivity contribution in [3.63, 3.8) is 0 Å². The second-order valence-electron chi connectivity index (χ2n) is 5.88. The van der Waals surface area contributed by atoms with E-state index in [1.807, 2.05) is 0 Å². The molecule has 158 valence electrons. The maximum Gasteiger partial charge on any atom is 0.252 e. The molecule has 3 aromatic rings. The smallest absolute Gasteiger partial charge is 0.252 e. The monoisotopic (exact) mass is 469 g/mol. The summed E-state index contributed by atoms with van der Waals surface area (Å²) in [5.41, 5.74) is 5.43. The number of aromatic nitrogens is 1. The number of primary amides is 1. The van der Waals surface area contributed by atoms with Gasteiger partial charge in [-0.05, 0) is 0 Å². The summed E-state index contributed by atoms with van der Waals surface area (Å²) in [6.45, 7) is 0. The Morgan fingerprint density at radius 3 is 2.60 bits per heavy atom. The van der Waals surface area contributed by atoms with Crippen LogP contribution in [0, 0.1) is 0 Å². The molecule has 0 radical (unpaired) electrons. The number of halogens is 1. The summed E-state index contributed by atoms with van der Waals surface area (Å²) in [5.74, 6) is -0.813. The van der Waals surface area contributed by atoms with Crippen molar-refractivity contribution in [3.05, 3.63) is 39.1 Å². The summed E-state index contributed by atoms with van der Waals surface area (Å²) >= 11 is 8.15. The fourth-order valence-electron chi connectivity index (χ4n) is 2.66. The molecule has 0 aliphatic carbocycles. The van der Waals surface area contributed by atoms with E-state index >= 15 is 0 Å². The quantitative estimate of drug-likeness (QED) is 0.389. The second-order valence-corrected chi connectivity index (χ2v) is 8.55. The average molecular weight is 470 g/mol. The van der Waals surface area contributed by atoms with Gasteiger partial charge in [-0.2, -0.15) is 0 Å². The van der Waals surface area contributed by atoms with E-state index in [1.54, 1.807) is 0 Å². The molecule has 0 bridgehead atoms. The molecule has 5 N–H and O–H groups in total. The highest BCUT2D eigenvalue weighted by molar-refractivity contribution is 8.02. The number of thioether (sulfide) groups is 1. The number of nitrogens with two attached hydrogens (primary N) is 1. The van der Waals surface area contributed by atoms with E-state index in [4.69, 9.17) is 26.8 Å². The van der Waals surface area contributed by atoms with Crippen molar-refractivity contribution in [2.75, 3.05) is 25.3 Å². The van der Waals surface area contributed by atoms with Gasteiger partial charge in [-0.25, -0.2) is 0 Å². The number of carbonyl (C=O) groups excluding carboxylic acids is 2. The molecule has 2 amide bonds. The van der Waals surface area contributed by atoms with Crippen LogP contribution in [0.5, 0.6) is 17.2 Å². The largest absolute Gasteiger partial charge is 0.506 e. The lowest BCUT2D eigenvalue weighted by Gasteiger charge is -2.13. The molecule has 3 rings (SSSR count). The van der Waals surface area contributed by atoms with Gasteiger partial charge in [0.15, 0.2) is 0 Å². The number of thiophene rings is 1. The van der Waals surface area contributed by atoms with Gasteiger partial charge in [-0.1, -0.05) is 11.6 Å². The Hall–Kier alpha value is -2.89. The topological polar surface area (TPSA) is 144 Å². The number of methoxy groups -OCH3 is 2. The molecule has 12 heteroatoms. The van der Waals surface area contributed by atoms with E-state index in [0.717, 1.165) is 29.2 Å². The van der Waals surface area contributed by atoms with E-state index in [2.05, 4.69) is 10.3 Å². The van der Waals surface area contributed by atoms with Gasteiger partial charge in [0.25, 0.3) is 11.5 Å². The minimum atomic E-state index is -0.783. The van der Waals surface area contributed by atoms with Gasteiger partial charge in [-0.3, -0.25) is 14.4 Å². The van der Waals surface area contributed by atoms with Gasteiger partial charge >= 0.3 is 0 Å². The minimum Gasteiger partial charge on any atom is -0.506 e. The Bertz CT molecular complexity index is 1210. The molecule has 0 aliphatic heterocycles. The molecule has 1 aromatic carbocycles. The van der Waals surface area contributed by atoms with E-state index in [1.165, 1.54) is 26.4 Å². The highest BCUT2D eigenvalue weighted by atomic mass is 35.5. The normalized spacial score (nSPS) is 10.8. The van der Waals surface area contributed by atoms with E-state index in [9.17, 15) is 19.5 Å².